The van der Waals surface area contributed by atoms with E-state index in [1.165, 1.54) is 0 Å². The highest BCUT2D eigenvalue weighted by atomic mass is 19.1. The van der Waals surface area contributed by atoms with Crippen LogP contribution in [0, 0.1) is 26.6 Å². The molecule has 7 heteroatoms. The van der Waals surface area contributed by atoms with Crippen molar-refractivity contribution in [1.29, 1.82) is 0 Å². The number of pyridine rings is 1. The van der Waals surface area contributed by atoms with E-state index in [9.17, 15) is 0 Å². The molecule has 3 aromatic heterocycles. The average Bonchev–Trinajstić information content (AvgIpc) is 3.29. The Morgan fingerprint density at radius 1 is 1.03 bits per heavy atom. The van der Waals surface area contributed by atoms with Crippen LogP contribution in [0.1, 0.15) is 28.5 Å². The molecular weight excluding hydrogens is 391 g/mol. The molecule has 0 saturated heterocycles. The van der Waals surface area contributed by atoms with Gasteiger partial charge in [-0.15, -0.1) is 0 Å². The summed E-state index contributed by atoms with van der Waals surface area (Å²) in [5.41, 5.74) is 12.4. The monoisotopic (exact) mass is 416 g/mol. The highest BCUT2D eigenvalue weighted by Crippen LogP contribution is 2.37. The molecule has 0 fully saturated rings. The molecule has 0 atom stereocenters. The number of benzene rings is 1. The first kappa shape index (κ1) is 19.5. The second-order valence-electron chi connectivity index (χ2n) is 8.18. The van der Waals surface area contributed by atoms with E-state index in [-0.39, 0.29) is 5.82 Å². The summed E-state index contributed by atoms with van der Waals surface area (Å²) in [6.07, 6.45) is 3.38. The van der Waals surface area contributed by atoms with Crippen LogP contribution in [-0.2, 0) is 12.8 Å². The first-order valence-electron chi connectivity index (χ1n) is 10.5. The summed E-state index contributed by atoms with van der Waals surface area (Å²) in [6.45, 7) is 7.38. The third-order valence-electron chi connectivity index (χ3n) is 5.97. The Kier molecular flexibility index (Phi) is 4.61. The van der Waals surface area contributed by atoms with E-state index in [0.29, 0.717) is 29.0 Å². The Morgan fingerprint density at radius 2 is 1.87 bits per heavy atom. The molecule has 0 amide bonds. The zero-order valence-electron chi connectivity index (χ0n) is 18.0. The number of hydrogen-bond donors (Lipinski definition) is 1. The molecule has 0 saturated carbocycles. The van der Waals surface area contributed by atoms with Crippen LogP contribution in [0.4, 0.5) is 15.9 Å². The van der Waals surface area contributed by atoms with Crippen molar-refractivity contribution in [3.05, 3.63) is 70.8 Å². The van der Waals surface area contributed by atoms with Crippen LogP contribution in [0.25, 0.3) is 16.8 Å². The fourth-order valence-electron chi connectivity index (χ4n) is 4.51. The van der Waals surface area contributed by atoms with E-state index in [4.69, 9.17) is 5.73 Å². The number of anilines is 2. The summed E-state index contributed by atoms with van der Waals surface area (Å²) in [5, 5.41) is 0. The SMILES string of the molecule is Cc1cccc(CCN2CCc3c2ccc(-c2nc(C)n4cc(C)nc(N)c24)c3F)n1. The summed E-state index contributed by atoms with van der Waals surface area (Å²) in [7, 11) is 0. The third kappa shape index (κ3) is 3.30. The fourth-order valence-corrected chi connectivity index (χ4v) is 4.51. The van der Waals surface area contributed by atoms with Gasteiger partial charge >= 0.3 is 0 Å². The normalized spacial score (nSPS) is 13.2. The van der Waals surface area contributed by atoms with Gasteiger partial charge in [0.2, 0.25) is 0 Å². The highest BCUT2D eigenvalue weighted by Gasteiger charge is 2.26. The Bertz CT molecular complexity index is 1310. The molecule has 0 bridgehead atoms. The lowest BCUT2D eigenvalue weighted by Gasteiger charge is -2.19. The van der Waals surface area contributed by atoms with Crippen molar-refractivity contribution < 1.29 is 4.39 Å². The molecule has 4 aromatic rings. The minimum Gasteiger partial charge on any atom is -0.382 e. The molecular formula is C24H25FN6. The Labute approximate surface area is 180 Å². The largest absolute Gasteiger partial charge is 0.382 e. The van der Waals surface area contributed by atoms with Gasteiger partial charge in [-0.3, -0.25) is 9.38 Å². The van der Waals surface area contributed by atoms with Gasteiger partial charge in [0.15, 0.2) is 0 Å². The molecule has 2 N–H and O–H groups in total. The molecule has 31 heavy (non-hydrogen) atoms. The zero-order valence-corrected chi connectivity index (χ0v) is 18.0. The number of aryl methyl sites for hydroxylation is 3. The van der Waals surface area contributed by atoms with Crippen LogP contribution in [0.3, 0.4) is 0 Å². The van der Waals surface area contributed by atoms with Gasteiger partial charge in [0.05, 0.1) is 5.69 Å². The van der Waals surface area contributed by atoms with Crippen LogP contribution >= 0.6 is 0 Å². The summed E-state index contributed by atoms with van der Waals surface area (Å²) >= 11 is 0. The third-order valence-corrected chi connectivity index (χ3v) is 5.97. The maximum Gasteiger partial charge on any atom is 0.150 e. The van der Waals surface area contributed by atoms with Crippen molar-refractivity contribution in [2.24, 2.45) is 0 Å². The fraction of sp³-hybridized carbons (Fsp3) is 0.292. The predicted octanol–water partition coefficient (Wildman–Crippen LogP) is 4.04. The lowest BCUT2D eigenvalue weighted by Crippen LogP contribution is -2.23. The lowest BCUT2D eigenvalue weighted by atomic mass is 10.0. The number of fused-ring (bicyclic) bond motifs is 2. The van der Waals surface area contributed by atoms with E-state index >= 15 is 4.39 Å². The number of nitrogens with two attached hydrogens (primary N) is 1. The standard InChI is InChI=1S/C24H25FN6/c1-14-5-4-6-17(27-14)9-11-30-12-10-18-20(30)8-7-19(21(18)25)22-23-24(26)28-15(2)13-31(23)16(3)29-22/h4-8,13H,9-12H2,1-3H3,(H2,26,28). The lowest BCUT2D eigenvalue weighted by molar-refractivity contribution is 0.618. The van der Waals surface area contributed by atoms with Crippen molar-refractivity contribution in [2.75, 3.05) is 23.7 Å². The summed E-state index contributed by atoms with van der Waals surface area (Å²) in [4.78, 5) is 15.8. The second-order valence-corrected chi connectivity index (χ2v) is 8.18. The molecule has 1 aliphatic heterocycles. The molecule has 1 aromatic carbocycles. The zero-order chi connectivity index (χ0) is 21.7. The van der Waals surface area contributed by atoms with E-state index in [1.807, 2.05) is 61.7 Å². The number of hydrogen-bond acceptors (Lipinski definition) is 5. The number of nitrogens with zero attached hydrogens (tertiary/aromatic N) is 5. The van der Waals surface area contributed by atoms with Gasteiger partial charge in [-0.25, -0.2) is 14.4 Å². The molecule has 158 valence electrons. The first-order valence-corrected chi connectivity index (χ1v) is 10.5. The molecule has 6 nitrogen and oxygen atoms in total. The quantitative estimate of drug-likeness (QED) is 0.544. The minimum atomic E-state index is -0.214. The number of aromatic nitrogens is 4. The molecule has 1 aliphatic rings. The van der Waals surface area contributed by atoms with E-state index in [0.717, 1.165) is 53.7 Å². The molecule has 0 spiro atoms. The molecule has 5 rings (SSSR count). The maximum atomic E-state index is 15.6. The van der Waals surface area contributed by atoms with Crippen molar-refractivity contribution in [2.45, 2.75) is 33.6 Å². The maximum absolute atomic E-state index is 15.6. The molecule has 0 radical (unpaired) electrons. The van der Waals surface area contributed by atoms with E-state index in [1.54, 1.807) is 0 Å². The van der Waals surface area contributed by atoms with Crippen molar-refractivity contribution in [1.82, 2.24) is 19.4 Å². The van der Waals surface area contributed by atoms with E-state index < -0.39 is 0 Å². The Hall–Kier alpha value is -3.48. The van der Waals surface area contributed by atoms with Gasteiger partial charge in [0.1, 0.15) is 28.7 Å². The predicted molar refractivity (Wildman–Crippen MR) is 121 cm³/mol. The average molecular weight is 417 g/mol. The second kappa shape index (κ2) is 7.34. The van der Waals surface area contributed by atoms with Crippen LogP contribution in [0.2, 0.25) is 0 Å². The Morgan fingerprint density at radius 3 is 2.68 bits per heavy atom. The number of nitrogen functional groups attached to an aromatic ring is 1. The van der Waals surface area contributed by atoms with Gasteiger partial charge in [-0.1, -0.05) is 6.07 Å². The minimum absolute atomic E-state index is 0.214. The van der Waals surface area contributed by atoms with Crippen LogP contribution < -0.4 is 10.6 Å². The van der Waals surface area contributed by atoms with Gasteiger partial charge in [0, 0.05) is 53.9 Å². The van der Waals surface area contributed by atoms with Crippen molar-refractivity contribution in [3.8, 4) is 11.3 Å². The van der Waals surface area contributed by atoms with Gasteiger partial charge in [-0.2, -0.15) is 0 Å². The van der Waals surface area contributed by atoms with Crippen LogP contribution in [0.15, 0.2) is 36.5 Å². The summed E-state index contributed by atoms with van der Waals surface area (Å²) < 4.78 is 17.5. The van der Waals surface area contributed by atoms with Crippen molar-refractivity contribution >= 4 is 17.0 Å². The number of rotatable bonds is 4. The van der Waals surface area contributed by atoms with Gasteiger partial charge in [-0.05, 0) is 51.5 Å². The van der Waals surface area contributed by atoms with Gasteiger partial charge in [0.25, 0.3) is 0 Å². The molecule has 0 unspecified atom stereocenters. The smallest absolute Gasteiger partial charge is 0.150 e. The highest BCUT2D eigenvalue weighted by molar-refractivity contribution is 5.87. The van der Waals surface area contributed by atoms with E-state index in [2.05, 4.69) is 19.9 Å². The van der Waals surface area contributed by atoms with Crippen molar-refractivity contribution in [3.63, 3.8) is 0 Å². The number of imidazole rings is 1. The van der Waals surface area contributed by atoms with Gasteiger partial charge < -0.3 is 10.6 Å². The van der Waals surface area contributed by atoms with Crippen LogP contribution in [-0.4, -0.2) is 32.4 Å². The van der Waals surface area contributed by atoms with Crippen LogP contribution in [0.5, 0.6) is 0 Å². The summed E-state index contributed by atoms with van der Waals surface area (Å²) in [5.74, 6) is 0.908. The Balaban J connectivity index is 1.49. The molecule has 0 aliphatic carbocycles. The topological polar surface area (TPSA) is 72.3 Å². The summed E-state index contributed by atoms with van der Waals surface area (Å²) in [6, 6.07) is 9.89. The number of halogens is 1. The first-order chi connectivity index (χ1) is 14.9. The molecule has 4 heterocycles.